The topological polar surface area (TPSA) is 120 Å². The van der Waals surface area contributed by atoms with Crippen LogP contribution in [0.15, 0.2) is 41.0 Å². The number of carbonyl (C=O) groups excluding carboxylic acids is 1. The summed E-state index contributed by atoms with van der Waals surface area (Å²) in [6.45, 7) is 2.42. The smallest absolute Gasteiger partial charge is 0.338 e. The van der Waals surface area contributed by atoms with E-state index in [9.17, 15) is 14.9 Å². The molecule has 3 rings (SSSR count). The molecule has 3 aromatic rings. The maximum atomic E-state index is 11.9. The van der Waals surface area contributed by atoms with Crippen LogP contribution < -0.4 is 5.32 Å². The van der Waals surface area contributed by atoms with Gasteiger partial charge in [-0.1, -0.05) is 13.3 Å². The van der Waals surface area contributed by atoms with Crippen LogP contribution >= 0.6 is 0 Å². The van der Waals surface area contributed by atoms with E-state index in [4.69, 9.17) is 4.74 Å². The summed E-state index contributed by atoms with van der Waals surface area (Å²) in [4.78, 5) is 22.4. The molecule has 1 N–H and O–H groups in total. The molecule has 1 aromatic heterocycles. The van der Waals surface area contributed by atoms with Gasteiger partial charge in [-0.15, -0.1) is 0 Å². The summed E-state index contributed by atoms with van der Waals surface area (Å²) in [6.07, 6.45) is 1.78. The van der Waals surface area contributed by atoms with Crippen molar-refractivity contribution in [3.8, 4) is 0 Å². The lowest BCUT2D eigenvalue weighted by Gasteiger charge is -2.08. The van der Waals surface area contributed by atoms with Crippen molar-refractivity contribution in [2.24, 2.45) is 0 Å². The summed E-state index contributed by atoms with van der Waals surface area (Å²) in [5, 5.41) is 21.4. The van der Waals surface area contributed by atoms with Crippen LogP contribution in [0.3, 0.4) is 0 Å². The Balaban J connectivity index is 1.77. The third-order valence-electron chi connectivity index (χ3n) is 3.72. The molecule has 0 amide bonds. The van der Waals surface area contributed by atoms with Gasteiger partial charge >= 0.3 is 11.7 Å². The average molecular weight is 356 g/mol. The molecule has 26 heavy (non-hydrogen) atoms. The maximum Gasteiger partial charge on any atom is 0.338 e. The number of nitro benzene ring substituents is 1. The number of esters is 1. The summed E-state index contributed by atoms with van der Waals surface area (Å²) in [5.74, 6) is -0.372. The predicted octanol–water partition coefficient (Wildman–Crippen LogP) is 3.83. The molecule has 0 unspecified atom stereocenters. The number of carbonyl (C=O) groups is 1. The zero-order valence-corrected chi connectivity index (χ0v) is 14.0. The fourth-order valence-corrected chi connectivity index (χ4v) is 2.34. The number of nitrogens with one attached hydrogen (secondary N) is 1. The summed E-state index contributed by atoms with van der Waals surface area (Å²) >= 11 is 0. The summed E-state index contributed by atoms with van der Waals surface area (Å²) < 4.78 is 9.78. The fourth-order valence-electron chi connectivity index (χ4n) is 2.34. The van der Waals surface area contributed by atoms with E-state index in [2.05, 4.69) is 20.3 Å². The van der Waals surface area contributed by atoms with Crippen molar-refractivity contribution in [3.63, 3.8) is 0 Å². The molecule has 0 aliphatic carbocycles. The molecule has 134 valence electrons. The number of benzene rings is 2. The fraction of sp³-hybridized carbons (Fsp3) is 0.235. The first-order valence-corrected chi connectivity index (χ1v) is 8.04. The first-order valence-electron chi connectivity index (χ1n) is 8.04. The van der Waals surface area contributed by atoms with Crippen LogP contribution in [0.2, 0.25) is 0 Å². The maximum absolute atomic E-state index is 11.9. The Bertz CT molecular complexity index is 936. The van der Waals surface area contributed by atoms with E-state index in [-0.39, 0.29) is 22.7 Å². The predicted molar refractivity (Wildman–Crippen MR) is 93.4 cm³/mol. The van der Waals surface area contributed by atoms with Crippen molar-refractivity contribution in [3.05, 3.63) is 52.1 Å². The van der Waals surface area contributed by atoms with Crippen LogP contribution in [0.4, 0.5) is 17.1 Å². The van der Waals surface area contributed by atoms with Crippen molar-refractivity contribution in [1.29, 1.82) is 0 Å². The van der Waals surface area contributed by atoms with Gasteiger partial charge in [-0.3, -0.25) is 10.1 Å². The molecule has 9 heteroatoms. The molecule has 0 aliphatic heterocycles. The van der Waals surface area contributed by atoms with Crippen LogP contribution in [0.25, 0.3) is 11.0 Å². The normalized spacial score (nSPS) is 10.7. The van der Waals surface area contributed by atoms with Gasteiger partial charge in [-0.05, 0) is 47.1 Å². The van der Waals surface area contributed by atoms with Crippen molar-refractivity contribution >= 4 is 34.1 Å². The third-order valence-corrected chi connectivity index (χ3v) is 3.72. The third kappa shape index (κ3) is 3.61. The highest BCUT2D eigenvalue weighted by Gasteiger charge is 2.19. The number of anilines is 2. The van der Waals surface area contributed by atoms with E-state index in [0.717, 1.165) is 12.8 Å². The quantitative estimate of drug-likeness (QED) is 0.293. The average Bonchev–Trinajstić information content (AvgIpc) is 3.12. The highest BCUT2D eigenvalue weighted by atomic mass is 16.6. The Hall–Kier alpha value is -3.49. The Morgan fingerprint density at radius 3 is 2.62 bits per heavy atom. The molecular formula is C17H16N4O5. The lowest BCUT2D eigenvalue weighted by Crippen LogP contribution is -2.06. The number of ether oxygens (including phenoxy) is 1. The highest BCUT2D eigenvalue weighted by molar-refractivity contribution is 5.95. The Morgan fingerprint density at radius 1 is 1.19 bits per heavy atom. The van der Waals surface area contributed by atoms with Crippen LogP contribution in [-0.4, -0.2) is 27.8 Å². The van der Waals surface area contributed by atoms with Crippen LogP contribution in [0.1, 0.15) is 30.1 Å². The standard InChI is InChI=1S/C17H16N4O5/c1-2-3-10-25-17(22)11-4-6-12(7-5-11)18-13-8-9-14(21(23)24)16-15(13)19-26-20-16/h4-9,18H,2-3,10H2,1H3. The van der Waals surface area contributed by atoms with E-state index in [0.29, 0.717) is 23.5 Å². The summed E-state index contributed by atoms with van der Waals surface area (Å²) in [6, 6.07) is 9.54. The zero-order valence-electron chi connectivity index (χ0n) is 14.0. The molecule has 0 fully saturated rings. The number of unbranched alkanes of at least 4 members (excludes halogenated alkanes) is 1. The second-order valence-electron chi connectivity index (χ2n) is 5.54. The van der Waals surface area contributed by atoms with Gasteiger partial charge in [-0.25, -0.2) is 9.42 Å². The number of rotatable bonds is 7. The van der Waals surface area contributed by atoms with E-state index in [1.54, 1.807) is 24.3 Å². The first kappa shape index (κ1) is 17.3. The van der Waals surface area contributed by atoms with E-state index in [1.165, 1.54) is 12.1 Å². The Morgan fingerprint density at radius 2 is 1.92 bits per heavy atom. The molecular weight excluding hydrogens is 340 g/mol. The number of hydrogen-bond donors (Lipinski definition) is 1. The largest absolute Gasteiger partial charge is 0.462 e. The number of non-ortho nitro benzene ring substituents is 1. The lowest BCUT2D eigenvalue weighted by molar-refractivity contribution is -0.383. The number of hydrogen-bond acceptors (Lipinski definition) is 8. The Kier molecular flexibility index (Phi) is 5.07. The summed E-state index contributed by atoms with van der Waals surface area (Å²) in [7, 11) is 0. The van der Waals surface area contributed by atoms with Crippen LogP contribution in [0.5, 0.6) is 0 Å². The molecule has 9 nitrogen and oxygen atoms in total. The summed E-state index contributed by atoms with van der Waals surface area (Å²) in [5.41, 5.74) is 1.76. The SMILES string of the molecule is CCCCOC(=O)c1ccc(Nc2ccc([N+](=O)[O-])c3nonc23)cc1. The molecule has 2 aromatic carbocycles. The van der Waals surface area contributed by atoms with Crippen LogP contribution in [-0.2, 0) is 4.74 Å². The number of nitro groups is 1. The van der Waals surface area contributed by atoms with Crippen molar-refractivity contribution in [1.82, 2.24) is 10.3 Å². The van der Waals surface area contributed by atoms with Crippen LogP contribution in [0, 0.1) is 10.1 Å². The second kappa shape index (κ2) is 7.60. The van der Waals surface area contributed by atoms with Gasteiger partial charge in [0.25, 0.3) is 0 Å². The number of nitrogens with zero attached hydrogens (tertiary/aromatic N) is 3. The van der Waals surface area contributed by atoms with Crippen molar-refractivity contribution in [2.45, 2.75) is 19.8 Å². The van der Waals surface area contributed by atoms with Gasteiger partial charge in [-0.2, -0.15) is 0 Å². The molecule has 0 radical (unpaired) electrons. The minimum Gasteiger partial charge on any atom is -0.462 e. The van der Waals surface area contributed by atoms with Gasteiger partial charge in [0.05, 0.1) is 22.8 Å². The van der Waals surface area contributed by atoms with Gasteiger partial charge in [0, 0.05) is 11.8 Å². The molecule has 0 bridgehead atoms. The van der Waals surface area contributed by atoms with Crippen molar-refractivity contribution in [2.75, 3.05) is 11.9 Å². The van der Waals surface area contributed by atoms with Gasteiger partial charge in [0.15, 0.2) is 5.52 Å². The van der Waals surface area contributed by atoms with E-state index < -0.39 is 4.92 Å². The second-order valence-corrected chi connectivity index (χ2v) is 5.54. The molecule has 0 atom stereocenters. The monoisotopic (exact) mass is 356 g/mol. The highest BCUT2D eigenvalue weighted by Crippen LogP contribution is 2.30. The minimum atomic E-state index is -0.546. The number of aromatic nitrogens is 2. The van der Waals surface area contributed by atoms with Gasteiger partial charge in [0.1, 0.15) is 0 Å². The minimum absolute atomic E-state index is 0.0659. The van der Waals surface area contributed by atoms with E-state index in [1.807, 2.05) is 6.92 Å². The first-order chi connectivity index (χ1) is 12.6. The van der Waals surface area contributed by atoms with E-state index >= 15 is 0 Å². The Labute approximate surface area is 148 Å². The molecule has 0 saturated carbocycles. The lowest BCUT2D eigenvalue weighted by atomic mass is 10.2. The van der Waals surface area contributed by atoms with Gasteiger partial charge < -0.3 is 10.1 Å². The van der Waals surface area contributed by atoms with Gasteiger partial charge in [0.2, 0.25) is 5.52 Å². The van der Waals surface area contributed by atoms with Crippen molar-refractivity contribution < 1.29 is 19.1 Å². The number of fused-ring (bicyclic) bond motifs is 1. The molecule has 0 saturated heterocycles. The zero-order chi connectivity index (χ0) is 18.5. The molecule has 0 spiro atoms. The molecule has 0 aliphatic rings. The molecule has 1 heterocycles.